The Morgan fingerprint density at radius 2 is 2.04 bits per heavy atom. The summed E-state index contributed by atoms with van der Waals surface area (Å²) in [5.74, 6) is 1.46. The van der Waals surface area contributed by atoms with Gasteiger partial charge in [-0.25, -0.2) is 4.98 Å². The van der Waals surface area contributed by atoms with Crippen LogP contribution in [0.4, 0.5) is 23.1 Å². The smallest absolute Gasteiger partial charge is 0.261 e. The minimum absolute atomic E-state index is 0.245. The molecule has 1 aromatic heterocycles. The van der Waals surface area contributed by atoms with E-state index in [2.05, 4.69) is 37.9 Å². The fourth-order valence-corrected chi connectivity index (χ4v) is 3.23. The number of nitrogens with one attached hydrogen (secondary N) is 3. The highest BCUT2D eigenvalue weighted by atomic mass is 16.5. The molecule has 2 aliphatic rings. The van der Waals surface area contributed by atoms with Gasteiger partial charge in [0.05, 0.1) is 18.5 Å². The summed E-state index contributed by atoms with van der Waals surface area (Å²) < 4.78 is 5.22. The number of carbonyl (C=O) groups excluding carboxylic acids is 1. The van der Waals surface area contributed by atoms with Gasteiger partial charge in [-0.1, -0.05) is 0 Å². The van der Waals surface area contributed by atoms with Gasteiger partial charge in [0.15, 0.2) is 0 Å². The number of likely N-dealkylation sites (tertiary alicyclic amines) is 1. The monoisotopic (exact) mass is 354 g/mol. The normalized spacial score (nSPS) is 17.4. The van der Waals surface area contributed by atoms with Gasteiger partial charge in [0.1, 0.15) is 17.1 Å². The average molecular weight is 354 g/mol. The van der Waals surface area contributed by atoms with Crippen molar-refractivity contribution in [2.45, 2.75) is 18.9 Å². The van der Waals surface area contributed by atoms with Gasteiger partial charge in [-0.15, -0.1) is 0 Å². The molecule has 0 atom stereocenters. The fraction of sp³-hybridized carbons (Fsp3) is 0.389. The molecule has 3 heterocycles. The lowest BCUT2D eigenvalue weighted by atomic mass is 10.1. The molecule has 0 bridgehead atoms. The van der Waals surface area contributed by atoms with Gasteiger partial charge in [0.25, 0.3) is 5.91 Å². The van der Waals surface area contributed by atoms with Crippen LogP contribution < -0.4 is 20.7 Å². The van der Waals surface area contributed by atoms with Gasteiger partial charge in [-0.05, 0) is 45.1 Å². The molecule has 0 spiro atoms. The second kappa shape index (κ2) is 6.80. The van der Waals surface area contributed by atoms with Crippen molar-refractivity contribution in [1.82, 2.24) is 14.9 Å². The van der Waals surface area contributed by atoms with Crippen molar-refractivity contribution in [3.63, 3.8) is 0 Å². The summed E-state index contributed by atoms with van der Waals surface area (Å²) in [6, 6.07) is 5.81. The van der Waals surface area contributed by atoms with Crippen molar-refractivity contribution in [3.8, 4) is 5.75 Å². The van der Waals surface area contributed by atoms with Crippen molar-refractivity contribution in [1.29, 1.82) is 0 Å². The maximum Gasteiger partial charge on any atom is 0.261 e. The van der Waals surface area contributed by atoms with Crippen LogP contribution in [-0.2, 0) is 0 Å². The molecule has 4 rings (SSSR count). The van der Waals surface area contributed by atoms with E-state index < -0.39 is 0 Å². The van der Waals surface area contributed by atoms with Crippen molar-refractivity contribution < 1.29 is 9.53 Å². The zero-order chi connectivity index (χ0) is 18.1. The molecule has 1 saturated heterocycles. The van der Waals surface area contributed by atoms with E-state index >= 15 is 0 Å². The molecule has 2 aromatic rings. The highest BCUT2D eigenvalue weighted by Crippen LogP contribution is 2.33. The number of benzene rings is 1. The number of hydrogen-bond donors (Lipinski definition) is 3. The fourth-order valence-electron chi connectivity index (χ4n) is 3.23. The molecule has 0 radical (unpaired) electrons. The lowest BCUT2D eigenvalue weighted by molar-refractivity contribution is 0.102. The Labute approximate surface area is 152 Å². The number of ether oxygens (including phenoxy) is 1. The first-order chi connectivity index (χ1) is 12.6. The first-order valence-electron chi connectivity index (χ1n) is 8.71. The summed E-state index contributed by atoms with van der Waals surface area (Å²) in [5, 5.41) is 9.49. The molecule has 0 aliphatic carbocycles. The maximum absolute atomic E-state index is 12.5. The van der Waals surface area contributed by atoms with E-state index in [1.54, 1.807) is 19.4 Å². The van der Waals surface area contributed by atoms with Crippen LogP contribution in [0.15, 0.2) is 24.4 Å². The highest BCUT2D eigenvalue weighted by molar-refractivity contribution is 6.11. The lowest BCUT2D eigenvalue weighted by Gasteiger charge is -2.29. The van der Waals surface area contributed by atoms with Crippen LogP contribution in [0.2, 0.25) is 0 Å². The van der Waals surface area contributed by atoms with Crippen LogP contribution >= 0.6 is 0 Å². The number of carbonyl (C=O) groups is 1. The Kier molecular flexibility index (Phi) is 4.34. The zero-order valence-corrected chi connectivity index (χ0v) is 14.9. The van der Waals surface area contributed by atoms with Gasteiger partial charge in [0.2, 0.25) is 5.95 Å². The Balaban J connectivity index is 1.59. The standard InChI is InChI=1S/C18H22N6O2/c1-24-7-5-11(6-8-24)20-18-19-10-13-16(23-18)21-14-4-3-12(26-2)9-15(14)22-17(13)25/h3-4,9-11H,5-8H2,1-2H3,(H,22,25)(H2,19,20,21,23). The van der Waals surface area contributed by atoms with E-state index in [-0.39, 0.29) is 5.91 Å². The van der Waals surface area contributed by atoms with E-state index in [9.17, 15) is 4.79 Å². The Hall–Kier alpha value is -2.87. The summed E-state index contributed by atoms with van der Waals surface area (Å²) in [6.07, 6.45) is 3.66. The van der Waals surface area contributed by atoms with Crippen molar-refractivity contribution in [2.24, 2.45) is 0 Å². The number of amides is 1. The summed E-state index contributed by atoms with van der Waals surface area (Å²) in [5.41, 5.74) is 1.83. The zero-order valence-electron chi connectivity index (χ0n) is 14.9. The molecule has 1 aromatic carbocycles. The summed E-state index contributed by atoms with van der Waals surface area (Å²) >= 11 is 0. The Morgan fingerprint density at radius 3 is 2.81 bits per heavy atom. The molecule has 2 aliphatic heterocycles. The third-order valence-electron chi connectivity index (χ3n) is 4.81. The second-order valence-electron chi connectivity index (χ2n) is 6.67. The molecule has 26 heavy (non-hydrogen) atoms. The quantitative estimate of drug-likeness (QED) is 0.779. The minimum Gasteiger partial charge on any atom is -0.497 e. The van der Waals surface area contributed by atoms with Gasteiger partial charge >= 0.3 is 0 Å². The minimum atomic E-state index is -0.245. The summed E-state index contributed by atoms with van der Waals surface area (Å²) in [6.45, 7) is 2.11. The number of hydrogen-bond acceptors (Lipinski definition) is 7. The third kappa shape index (κ3) is 3.28. The number of fused-ring (bicyclic) bond motifs is 2. The number of piperidine rings is 1. The highest BCUT2D eigenvalue weighted by Gasteiger charge is 2.23. The topological polar surface area (TPSA) is 91.4 Å². The predicted molar refractivity (Wildman–Crippen MR) is 100 cm³/mol. The molecule has 8 nitrogen and oxygen atoms in total. The number of nitrogens with zero attached hydrogens (tertiary/aromatic N) is 3. The number of rotatable bonds is 3. The largest absolute Gasteiger partial charge is 0.497 e. The second-order valence-corrected chi connectivity index (χ2v) is 6.67. The van der Waals surface area contributed by atoms with Gasteiger partial charge in [-0.2, -0.15) is 4.98 Å². The Morgan fingerprint density at radius 1 is 1.23 bits per heavy atom. The van der Waals surface area contributed by atoms with Crippen molar-refractivity contribution in [2.75, 3.05) is 43.2 Å². The summed E-state index contributed by atoms with van der Waals surface area (Å²) in [7, 11) is 3.72. The first kappa shape index (κ1) is 16.6. The molecule has 1 fully saturated rings. The molecule has 1 amide bonds. The maximum atomic E-state index is 12.5. The number of methoxy groups -OCH3 is 1. The van der Waals surface area contributed by atoms with Crippen LogP contribution in [0, 0.1) is 0 Å². The van der Waals surface area contributed by atoms with E-state index in [0.717, 1.165) is 31.6 Å². The third-order valence-corrected chi connectivity index (χ3v) is 4.81. The van der Waals surface area contributed by atoms with E-state index in [1.165, 1.54) is 0 Å². The molecule has 0 unspecified atom stereocenters. The number of aromatic nitrogens is 2. The van der Waals surface area contributed by atoms with Crippen LogP contribution in [0.25, 0.3) is 0 Å². The predicted octanol–water partition coefficient (Wildman–Crippen LogP) is 2.30. The van der Waals surface area contributed by atoms with Gasteiger partial charge < -0.3 is 25.6 Å². The Bertz CT molecular complexity index is 832. The number of anilines is 4. The average Bonchev–Trinajstić information content (AvgIpc) is 2.78. The van der Waals surface area contributed by atoms with Crippen LogP contribution in [0.3, 0.4) is 0 Å². The summed E-state index contributed by atoms with van der Waals surface area (Å²) in [4.78, 5) is 23.7. The van der Waals surface area contributed by atoms with Crippen LogP contribution in [0.5, 0.6) is 5.75 Å². The van der Waals surface area contributed by atoms with Crippen molar-refractivity contribution >= 4 is 29.0 Å². The van der Waals surface area contributed by atoms with E-state index in [0.29, 0.717) is 34.8 Å². The molecule has 0 saturated carbocycles. The van der Waals surface area contributed by atoms with Crippen LogP contribution in [-0.4, -0.2) is 54.1 Å². The molecule has 136 valence electrons. The van der Waals surface area contributed by atoms with Gasteiger partial charge in [-0.3, -0.25) is 4.79 Å². The lowest BCUT2D eigenvalue weighted by Crippen LogP contribution is -2.37. The SMILES string of the molecule is COc1ccc2c(c1)NC(=O)c1cnc(NC3CCN(C)CC3)nc1N2. The van der Waals surface area contributed by atoms with Crippen molar-refractivity contribution in [3.05, 3.63) is 30.0 Å². The van der Waals surface area contributed by atoms with E-state index in [1.807, 2.05) is 12.1 Å². The molecular weight excluding hydrogens is 332 g/mol. The molecular formula is C18H22N6O2. The van der Waals surface area contributed by atoms with Gasteiger partial charge in [0, 0.05) is 18.3 Å². The molecule has 3 N–H and O–H groups in total. The molecule has 8 heteroatoms. The van der Waals surface area contributed by atoms with Crippen LogP contribution in [0.1, 0.15) is 23.2 Å². The van der Waals surface area contributed by atoms with E-state index in [4.69, 9.17) is 4.74 Å². The first-order valence-corrected chi connectivity index (χ1v) is 8.71.